The second kappa shape index (κ2) is 4.11. The first-order chi connectivity index (χ1) is 6.77. The van der Waals surface area contributed by atoms with Gasteiger partial charge in [-0.1, -0.05) is 30.3 Å². The average molecular weight is 190 g/mol. The summed E-state index contributed by atoms with van der Waals surface area (Å²) in [6.45, 7) is 2.96. The fourth-order valence-corrected chi connectivity index (χ4v) is 1.83. The van der Waals surface area contributed by atoms with E-state index in [-0.39, 0.29) is 6.04 Å². The molecule has 76 valence electrons. The van der Waals surface area contributed by atoms with Crippen molar-refractivity contribution in [3.63, 3.8) is 0 Å². The number of rotatable bonds is 4. The van der Waals surface area contributed by atoms with Gasteiger partial charge in [-0.2, -0.15) is 0 Å². The molecule has 0 amide bonds. The third kappa shape index (κ3) is 2.34. The lowest BCUT2D eigenvalue weighted by Crippen LogP contribution is -2.32. The predicted octanol–water partition coefficient (Wildman–Crippen LogP) is 1.48. The summed E-state index contributed by atoms with van der Waals surface area (Å²) < 4.78 is 0. The molecule has 14 heavy (non-hydrogen) atoms. The molecule has 1 aromatic rings. The SMILES string of the molecule is CC(N)CNC1CC1c1ccccc1. The van der Waals surface area contributed by atoms with Crippen molar-refractivity contribution in [3.8, 4) is 0 Å². The normalized spacial score (nSPS) is 27.3. The van der Waals surface area contributed by atoms with Crippen LogP contribution in [-0.2, 0) is 0 Å². The zero-order valence-electron chi connectivity index (χ0n) is 8.61. The molecule has 2 rings (SSSR count). The van der Waals surface area contributed by atoms with Crippen molar-refractivity contribution in [3.05, 3.63) is 35.9 Å². The highest BCUT2D eigenvalue weighted by molar-refractivity contribution is 5.27. The Hall–Kier alpha value is -0.860. The average Bonchev–Trinajstić information content (AvgIpc) is 2.95. The minimum absolute atomic E-state index is 0.257. The molecule has 2 heteroatoms. The Labute approximate surface area is 85.5 Å². The zero-order valence-corrected chi connectivity index (χ0v) is 8.61. The van der Waals surface area contributed by atoms with Gasteiger partial charge >= 0.3 is 0 Å². The van der Waals surface area contributed by atoms with Gasteiger partial charge in [0, 0.05) is 24.5 Å². The van der Waals surface area contributed by atoms with Gasteiger partial charge in [-0.25, -0.2) is 0 Å². The van der Waals surface area contributed by atoms with Crippen LogP contribution >= 0.6 is 0 Å². The number of nitrogens with one attached hydrogen (secondary N) is 1. The summed E-state index contributed by atoms with van der Waals surface area (Å²) in [6, 6.07) is 11.6. The Bertz CT molecular complexity index is 282. The molecule has 0 aromatic heterocycles. The molecular weight excluding hydrogens is 172 g/mol. The first kappa shape index (κ1) is 9.69. The van der Waals surface area contributed by atoms with Gasteiger partial charge in [-0.15, -0.1) is 0 Å². The first-order valence-corrected chi connectivity index (χ1v) is 5.31. The Morgan fingerprint density at radius 1 is 1.43 bits per heavy atom. The second-order valence-corrected chi connectivity index (χ2v) is 4.24. The molecule has 0 heterocycles. The van der Waals surface area contributed by atoms with Crippen molar-refractivity contribution in [2.45, 2.75) is 31.3 Å². The van der Waals surface area contributed by atoms with Crippen LogP contribution in [0.4, 0.5) is 0 Å². The van der Waals surface area contributed by atoms with E-state index in [1.54, 1.807) is 0 Å². The lowest BCUT2D eigenvalue weighted by Gasteiger charge is -2.06. The Kier molecular flexibility index (Phi) is 2.85. The summed E-state index contributed by atoms with van der Waals surface area (Å²) in [5, 5.41) is 3.48. The molecule has 0 saturated heterocycles. The van der Waals surface area contributed by atoms with Gasteiger partial charge < -0.3 is 11.1 Å². The molecule has 1 fully saturated rings. The van der Waals surface area contributed by atoms with Crippen LogP contribution in [0.25, 0.3) is 0 Å². The number of nitrogens with two attached hydrogens (primary N) is 1. The van der Waals surface area contributed by atoms with E-state index in [4.69, 9.17) is 5.73 Å². The Morgan fingerprint density at radius 3 is 2.79 bits per heavy atom. The van der Waals surface area contributed by atoms with Gasteiger partial charge in [0.25, 0.3) is 0 Å². The summed E-state index contributed by atoms with van der Waals surface area (Å²) >= 11 is 0. The summed E-state index contributed by atoms with van der Waals surface area (Å²) in [6.07, 6.45) is 1.26. The fourth-order valence-electron chi connectivity index (χ4n) is 1.83. The van der Waals surface area contributed by atoms with Crippen molar-refractivity contribution >= 4 is 0 Å². The predicted molar refractivity (Wildman–Crippen MR) is 59.2 cm³/mol. The minimum Gasteiger partial charge on any atom is -0.327 e. The van der Waals surface area contributed by atoms with Crippen LogP contribution in [0, 0.1) is 0 Å². The van der Waals surface area contributed by atoms with Gasteiger partial charge in [0.05, 0.1) is 0 Å². The minimum atomic E-state index is 0.257. The lowest BCUT2D eigenvalue weighted by molar-refractivity contribution is 0.598. The van der Waals surface area contributed by atoms with Crippen molar-refractivity contribution in [2.24, 2.45) is 5.73 Å². The molecule has 0 spiro atoms. The molecule has 0 bridgehead atoms. The van der Waals surface area contributed by atoms with E-state index in [1.807, 2.05) is 6.92 Å². The lowest BCUT2D eigenvalue weighted by atomic mass is 10.1. The molecule has 0 radical (unpaired) electrons. The summed E-state index contributed by atoms with van der Waals surface area (Å²) in [4.78, 5) is 0. The van der Waals surface area contributed by atoms with E-state index in [0.717, 1.165) is 12.5 Å². The quantitative estimate of drug-likeness (QED) is 0.754. The standard InChI is InChI=1S/C12H18N2/c1-9(13)8-14-12-7-11(12)10-5-3-2-4-6-10/h2-6,9,11-12,14H,7-8,13H2,1H3. The monoisotopic (exact) mass is 190 g/mol. The van der Waals surface area contributed by atoms with Gasteiger partial charge in [0.15, 0.2) is 0 Å². The van der Waals surface area contributed by atoms with Crippen molar-refractivity contribution < 1.29 is 0 Å². The van der Waals surface area contributed by atoms with Gasteiger partial charge in [0.1, 0.15) is 0 Å². The van der Waals surface area contributed by atoms with Crippen LogP contribution in [0.2, 0.25) is 0 Å². The van der Waals surface area contributed by atoms with Crippen LogP contribution in [0.15, 0.2) is 30.3 Å². The third-order valence-electron chi connectivity index (χ3n) is 2.72. The van der Waals surface area contributed by atoms with Crippen LogP contribution < -0.4 is 11.1 Å². The molecule has 0 aliphatic heterocycles. The van der Waals surface area contributed by atoms with E-state index >= 15 is 0 Å². The topological polar surface area (TPSA) is 38.0 Å². The molecular formula is C12H18N2. The third-order valence-corrected chi connectivity index (χ3v) is 2.72. The molecule has 1 saturated carbocycles. The zero-order chi connectivity index (χ0) is 9.97. The van der Waals surface area contributed by atoms with Crippen molar-refractivity contribution in [1.29, 1.82) is 0 Å². The largest absolute Gasteiger partial charge is 0.327 e. The highest BCUT2D eigenvalue weighted by atomic mass is 15.0. The van der Waals surface area contributed by atoms with E-state index in [9.17, 15) is 0 Å². The molecule has 1 aliphatic carbocycles. The number of hydrogen-bond acceptors (Lipinski definition) is 2. The second-order valence-electron chi connectivity index (χ2n) is 4.24. The van der Waals surface area contributed by atoms with Gasteiger partial charge in [0.2, 0.25) is 0 Å². The molecule has 3 unspecified atom stereocenters. The highest BCUT2D eigenvalue weighted by Crippen LogP contribution is 2.40. The van der Waals surface area contributed by atoms with E-state index in [2.05, 4.69) is 35.6 Å². The highest BCUT2D eigenvalue weighted by Gasteiger charge is 2.37. The van der Waals surface area contributed by atoms with E-state index < -0.39 is 0 Å². The molecule has 3 N–H and O–H groups in total. The van der Waals surface area contributed by atoms with Crippen LogP contribution in [0.5, 0.6) is 0 Å². The van der Waals surface area contributed by atoms with Gasteiger partial charge in [-0.3, -0.25) is 0 Å². The molecule has 3 atom stereocenters. The Balaban J connectivity index is 1.82. The smallest absolute Gasteiger partial charge is 0.0143 e. The summed E-state index contributed by atoms with van der Waals surface area (Å²) in [7, 11) is 0. The number of hydrogen-bond donors (Lipinski definition) is 2. The van der Waals surface area contributed by atoms with Crippen LogP contribution in [0.1, 0.15) is 24.8 Å². The maximum absolute atomic E-state index is 5.69. The van der Waals surface area contributed by atoms with Crippen molar-refractivity contribution in [2.75, 3.05) is 6.54 Å². The maximum atomic E-state index is 5.69. The maximum Gasteiger partial charge on any atom is 0.0143 e. The Morgan fingerprint density at radius 2 is 2.14 bits per heavy atom. The number of benzene rings is 1. The van der Waals surface area contributed by atoms with Gasteiger partial charge in [-0.05, 0) is 18.9 Å². The molecule has 2 nitrogen and oxygen atoms in total. The van der Waals surface area contributed by atoms with Crippen LogP contribution in [-0.4, -0.2) is 18.6 Å². The summed E-state index contributed by atoms with van der Waals surface area (Å²) in [5.74, 6) is 0.718. The van der Waals surface area contributed by atoms with Crippen molar-refractivity contribution in [1.82, 2.24) is 5.32 Å². The van der Waals surface area contributed by atoms with E-state index in [0.29, 0.717) is 6.04 Å². The van der Waals surface area contributed by atoms with Crippen LogP contribution in [0.3, 0.4) is 0 Å². The first-order valence-electron chi connectivity index (χ1n) is 5.31. The summed E-state index contributed by atoms with van der Waals surface area (Å²) in [5.41, 5.74) is 7.14. The molecule has 1 aliphatic rings. The fraction of sp³-hybridized carbons (Fsp3) is 0.500. The molecule has 1 aromatic carbocycles. The van der Waals surface area contributed by atoms with E-state index in [1.165, 1.54) is 12.0 Å².